The van der Waals surface area contributed by atoms with E-state index in [0.29, 0.717) is 25.0 Å². The Morgan fingerprint density at radius 2 is 1.88 bits per heavy atom. The maximum Gasteiger partial charge on any atom is 2.00 e. The number of carbonyl (C=O) groups excluding carboxylic acids is 1. The van der Waals surface area contributed by atoms with E-state index in [1.54, 1.807) is 6.07 Å². The van der Waals surface area contributed by atoms with Gasteiger partial charge in [0.25, 0.3) is 0 Å². The molecule has 0 spiro atoms. The van der Waals surface area contributed by atoms with E-state index in [2.05, 4.69) is 9.97 Å². The summed E-state index contributed by atoms with van der Waals surface area (Å²) in [6.07, 6.45) is 1.90. The average Bonchev–Trinajstić information content (AvgIpc) is 2.70. The molecule has 1 saturated carbocycles. The molecule has 0 saturated heterocycles. The minimum atomic E-state index is -3.57. The number of aliphatic hydroxyl groups is 1. The van der Waals surface area contributed by atoms with E-state index in [1.807, 2.05) is 13.8 Å². The van der Waals surface area contributed by atoms with Gasteiger partial charge in [0, 0.05) is 31.0 Å². The molecule has 2 aromatic rings. The molecule has 1 aromatic heterocycles. The van der Waals surface area contributed by atoms with Gasteiger partial charge in [0.1, 0.15) is 11.6 Å². The Labute approximate surface area is 223 Å². The van der Waals surface area contributed by atoms with E-state index in [0.717, 1.165) is 32.9 Å². The van der Waals surface area contributed by atoms with E-state index >= 15 is 0 Å². The first-order valence-corrected chi connectivity index (χ1v) is 12.6. The van der Waals surface area contributed by atoms with Crippen molar-refractivity contribution >= 4 is 59.5 Å². The summed E-state index contributed by atoms with van der Waals surface area (Å²) in [5, 5.41) is 10.2. The van der Waals surface area contributed by atoms with Gasteiger partial charge in [-0.25, -0.2) is 27.1 Å². The first-order chi connectivity index (χ1) is 15.0. The minimum Gasteiger partial charge on any atom is -0.393 e. The van der Waals surface area contributed by atoms with Crippen LogP contribution in [0.2, 0.25) is 0 Å². The van der Waals surface area contributed by atoms with Crippen molar-refractivity contribution in [2.45, 2.75) is 57.5 Å². The van der Waals surface area contributed by atoms with Crippen molar-refractivity contribution in [1.82, 2.24) is 9.97 Å². The number of Topliss-reactive ketones (excluding diaryl/α,β-unsaturated/α-hetero) is 1. The van der Waals surface area contributed by atoms with Crippen LogP contribution >= 0.6 is 0 Å². The Bertz CT molecular complexity index is 1190. The van der Waals surface area contributed by atoms with Crippen LogP contribution in [0.25, 0.3) is 11.3 Å². The van der Waals surface area contributed by atoms with Crippen LogP contribution in [0.3, 0.4) is 0 Å². The van der Waals surface area contributed by atoms with Crippen LogP contribution in [-0.2, 0) is 21.2 Å². The maximum absolute atomic E-state index is 14.3. The van der Waals surface area contributed by atoms with Gasteiger partial charge in [-0.05, 0) is 54.4 Å². The molecule has 3 atom stereocenters. The monoisotopic (exact) mass is 501 g/mol. The number of nitrogens with zero attached hydrogens (tertiary/aromatic N) is 3. The normalized spacial score (nSPS) is 22.4. The number of aromatic nitrogens is 2. The van der Waals surface area contributed by atoms with Gasteiger partial charge < -0.3 is 5.11 Å². The molecule has 0 bridgehead atoms. The van der Waals surface area contributed by atoms with Gasteiger partial charge in [0.2, 0.25) is 16.0 Å². The smallest absolute Gasteiger partial charge is 0.393 e. The number of halogens is 1. The number of sulfonamides is 1. The number of anilines is 1. The van der Waals surface area contributed by atoms with Gasteiger partial charge in [-0.2, -0.15) is 0 Å². The Morgan fingerprint density at radius 1 is 1.18 bits per heavy atom. The molecule has 1 unspecified atom stereocenters. The summed E-state index contributed by atoms with van der Waals surface area (Å²) in [4.78, 5) is 21.4. The van der Waals surface area contributed by atoms with E-state index in [4.69, 9.17) is 0 Å². The quantitative estimate of drug-likeness (QED) is 0.647. The van der Waals surface area contributed by atoms with Gasteiger partial charge >= 0.3 is 37.7 Å². The van der Waals surface area contributed by atoms with Crippen molar-refractivity contribution in [2.24, 2.45) is 5.92 Å². The van der Waals surface area contributed by atoms with Crippen molar-refractivity contribution in [1.29, 1.82) is 0 Å². The molecule has 0 amide bonds. The fourth-order valence-electron chi connectivity index (χ4n) is 4.95. The van der Waals surface area contributed by atoms with Crippen molar-refractivity contribution in [3.8, 4) is 11.3 Å². The number of hydrogen-bond acceptors (Lipinski definition) is 6. The van der Waals surface area contributed by atoms with Crippen LogP contribution in [0.5, 0.6) is 0 Å². The molecule has 0 aliphatic heterocycles. The van der Waals surface area contributed by atoms with Crippen molar-refractivity contribution in [3.05, 3.63) is 40.8 Å². The number of benzene rings is 1. The number of fused-ring (bicyclic) bond motifs is 3. The number of carbonyl (C=O) groups is 1. The third-order valence-corrected chi connectivity index (χ3v) is 7.70. The largest absolute Gasteiger partial charge is 2.00 e. The van der Waals surface area contributed by atoms with Crippen molar-refractivity contribution < 1.29 is 22.7 Å². The van der Waals surface area contributed by atoms with E-state index < -0.39 is 16.1 Å². The summed E-state index contributed by atoms with van der Waals surface area (Å²) in [6.45, 7) is 3.96. The number of ketones is 1. The zero-order chi connectivity index (χ0) is 23.4. The molecule has 1 heterocycles. The Hall–Kier alpha value is -1.13. The summed E-state index contributed by atoms with van der Waals surface area (Å²) < 4.78 is 39.6. The van der Waals surface area contributed by atoms with E-state index in [1.165, 1.54) is 19.2 Å². The number of aliphatic hydroxyl groups excluding tert-OH is 1. The second-order valence-corrected chi connectivity index (χ2v) is 11.3. The number of hydrogen-bond donors (Lipinski definition) is 1. The van der Waals surface area contributed by atoms with Gasteiger partial charge in [0.15, 0.2) is 0 Å². The second-order valence-electron chi connectivity index (χ2n) is 9.26. The topological polar surface area (TPSA) is 100 Å². The maximum atomic E-state index is 14.3. The molecule has 2 aliphatic rings. The van der Waals surface area contributed by atoms with Crippen LogP contribution in [0.4, 0.5) is 10.3 Å². The van der Waals surface area contributed by atoms with Gasteiger partial charge in [0.05, 0.1) is 23.7 Å². The molecule has 1 fully saturated rings. The second kappa shape index (κ2) is 9.85. The molecule has 2 aliphatic carbocycles. The van der Waals surface area contributed by atoms with E-state index in [-0.39, 0.29) is 79.5 Å². The molecule has 33 heavy (non-hydrogen) atoms. The van der Waals surface area contributed by atoms with Crippen LogP contribution in [0.15, 0.2) is 18.2 Å². The van der Waals surface area contributed by atoms with Crippen LogP contribution in [0.1, 0.15) is 61.8 Å². The predicted molar refractivity (Wildman–Crippen MR) is 125 cm³/mol. The van der Waals surface area contributed by atoms with Crippen molar-refractivity contribution in [3.63, 3.8) is 0 Å². The fourth-order valence-corrected chi connectivity index (χ4v) is 5.33. The first-order valence-electron chi connectivity index (χ1n) is 10.8. The molecular formula is C23H28CaFN3O4S+2. The molecule has 7 nitrogen and oxygen atoms in total. The van der Waals surface area contributed by atoms with Crippen LogP contribution < -0.4 is 4.31 Å². The molecule has 172 valence electrons. The minimum absolute atomic E-state index is 0. The summed E-state index contributed by atoms with van der Waals surface area (Å²) in [7, 11) is -2.16. The summed E-state index contributed by atoms with van der Waals surface area (Å²) >= 11 is 0. The van der Waals surface area contributed by atoms with Crippen LogP contribution in [-0.4, -0.2) is 86.4 Å². The molecular weight excluding hydrogens is 473 g/mol. The summed E-state index contributed by atoms with van der Waals surface area (Å²) in [6, 6.07) is 4.51. The molecule has 10 heteroatoms. The Morgan fingerprint density at radius 3 is 2.48 bits per heavy atom. The van der Waals surface area contributed by atoms with Gasteiger partial charge in [-0.1, -0.05) is 13.8 Å². The summed E-state index contributed by atoms with van der Waals surface area (Å²) in [5.41, 5.74) is 3.69. The third kappa shape index (κ3) is 5.27. The average molecular weight is 502 g/mol. The van der Waals surface area contributed by atoms with Crippen LogP contribution in [0, 0.1) is 11.7 Å². The van der Waals surface area contributed by atoms with Crippen molar-refractivity contribution in [2.75, 3.05) is 17.6 Å². The molecule has 4 rings (SSSR count). The molecule has 1 aromatic carbocycles. The SMILES string of the molecule is CC(C)c1nc(N(C)S(C)(=O)=O)nc2c1C[C@H](C1CC(=O)C[C@H](O)C1)c1cc(F)ccc1-2.[Ca+2]. The Balaban J connectivity index is 0.00000306. The molecule has 0 radical (unpaired) electrons. The van der Waals surface area contributed by atoms with Gasteiger partial charge in [-0.3, -0.25) is 4.79 Å². The van der Waals surface area contributed by atoms with Gasteiger partial charge in [-0.15, -0.1) is 0 Å². The zero-order valence-corrected chi connectivity index (χ0v) is 22.4. The zero-order valence-electron chi connectivity index (χ0n) is 19.4. The summed E-state index contributed by atoms with van der Waals surface area (Å²) in [5.74, 6) is -0.564. The first kappa shape index (κ1) is 26.5. The standard InChI is InChI=1S/C23H28FN3O4S.Ca/c1-12(2)21-20-11-18(13-7-15(28)10-16(29)8-13)19-9-14(24)5-6-17(19)22(20)26-23(25-21)27(3)32(4,30)31;/h5-6,9,12-13,15,18,28H,7-8,10-11H2,1-4H3;/q;+2/t13?,15-,18-;/m1./s1. The predicted octanol–water partition coefficient (Wildman–Crippen LogP) is 2.79. The third-order valence-electron chi connectivity index (χ3n) is 6.54. The molecule has 1 N–H and O–H groups in total. The number of rotatable bonds is 4. The fraction of sp³-hybridized carbons (Fsp3) is 0.522. The van der Waals surface area contributed by atoms with E-state index in [9.17, 15) is 22.7 Å². The Kier molecular flexibility index (Phi) is 7.90.